The van der Waals surface area contributed by atoms with E-state index in [1.807, 2.05) is 31.2 Å². The van der Waals surface area contributed by atoms with Crippen LogP contribution in [0.1, 0.15) is 16.1 Å². The fourth-order valence-electron chi connectivity index (χ4n) is 2.37. The van der Waals surface area contributed by atoms with Crippen molar-refractivity contribution in [2.24, 2.45) is 0 Å². The van der Waals surface area contributed by atoms with E-state index in [-0.39, 0.29) is 22.2 Å². The third-order valence-electron chi connectivity index (χ3n) is 3.78. The minimum atomic E-state index is -3.01. The second kappa shape index (κ2) is 9.64. The van der Waals surface area contributed by atoms with Crippen molar-refractivity contribution in [2.45, 2.75) is 13.5 Å². The molecule has 1 aromatic heterocycles. The van der Waals surface area contributed by atoms with Gasteiger partial charge in [-0.15, -0.1) is 11.3 Å². The van der Waals surface area contributed by atoms with Gasteiger partial charge >= 0.3 is 12.6 Å². The Kier molecular flexibility index (Phi) is 6.96. The van der Waals surface area contributed by atoms with Crippen LogP contribution in [0.5, 0.6) is 5.75 Å². The van der Waals surface area contributed by atoms with Crippen LogP contribution in [0.15, 0.2) is 47.8 Å². The number of aryl methyl sites for hydroxylation is 1. The molecule has 0 radical (unpaired) electrons. The van der Waals surface area contributed by atoms with Gasteiger partial charge in [0.2, 0.25) is 0 Å². The number of nitrogens with zero attached hydrogens (tertiary/aromatic N) is 1. The van der Waals surface area contributed by atoms with Gasteiger partial charge in [-0.05, 0) is 25.1 Å². The number of amides is 1. The first-order valence-corrected chi connectivity index (χ1v) is 9.81. The average Bonchev–Trinajstić information content (AvgIpc) is 3.19. The summed E-state index contributed by atoms with van der Waals surface area (Å²) < 4.78 is 33.7. The number of hydrogen-bond acceptors (Lipinski definition) is 6. The van der Waals surface area contributed by atoms with Gasteiger partial charge in [-0.1, -0.05) is 41.4 Å². The number of ether oxygens (including phenoxy) is 2. The molecule has 3 rings (SSSR count). The van der Waals surface area contributed by atoms with E-state index in [9.17, 15) is 18.4 Å². The zero-order chi connectivity index (χ0) is 21.7. The third-order valence-corrected chi connectivity index (χ3v) is 4.96. The Morgan fingerprint density at radius 1 is 1.20 bits per heavy atom. The molecule has 156 valence electrons. The molecule has 0 unspecified atom stereocenters. The molecule has 0 aliphatic heterocycles. The SMILES string of the molecule is Cc1ccc(-c2nc(C(=O)OCC(=O)Nc3ccc(OC(F)F)c(Cl)c3)cs2)cc1. The van der Waals surface area contributed by atoms with E-state index >= 15 is 0 Å². The van der Waals surface area contributed by atoms with Crippen LogP contribution < -0.4 is 10.1 Å². The molecular formula is C20H15ClF2N2O4S. The molecule has 0 spiro atoms. The Hall–Kier alpha value is -3.04. The van der Waals surface area contributed by atoms with Crippen LogP contribution >= 0.6 is 22.9 Å². The van der Waals surface area contributed by atoms with Crippen molar-refractivity contribution >= 4 is 40.5 Å². The van der Waals surface area contributed by atoms with Crippen LogP contribution in [0.2, 0.25) is 5.02 Å². The molecule has 0 aliphatic carbocycles. The number of esters is 1. The van der Waals surface area contributed by atoms with Crippen molar-refractivity contribution in [3.63, 3.8) is 0 Å². The summed E-state index contributed by atoms with van der Waals surface area (Å²) >= 11 is 7.11. The number of benzene rings is 2. The second-order valence-corrected chi connectivity index (χ2v) is 7.32. The molecule has 3 aromatic rings. The van der Waals surface area contributed by atoms with Crippen molar-refractivity contribution < 1.29 is 27.8 Å². The summed E-state index contributed by atoms with van der Waals surface area (Å²) in [4.78, 5) is 28.4. The van der Waals surface area contributed by atoms with Crippen molar-refractivity contribution in [3.05, 3.63) is 64.1 Å². The van der Waals surface area contributed by atoms with Crippen LogP contribution in [-0.4, -0.2) is 30.1 Å². The van der Waals surface area contributed by atoms with Crippen molar-refractivity contribution in [3.8, 4) is 16.3 Å². The molecular weight excluding hydrogens is 438 g/mol. The Balaban J connectivity index is 1.54. The smallest absolute Gasteiger partial charge is 0.387 e. The van der Waals surface area contributed by atoms with Crippen molar-refractivity contribution in [1.82, 2.24) is 4.98 Å². The first-order chi connectivity index (χ1) is 14.3. The standard InChI is InChI=1S/C20H15ClF2N2O4S/c1-11-2-4-12(5-3-11)18-25-15(10-30-18)19(27)28-9-17(26)24-13-6-7-16(14(21)8-13)29-20(22)23/h2-8,10,20H,9H2,1H3,(H,24,26). The molecule has 30 heavy (non-hydrogen) atoms. The Morgan fingerprint density at radius 2 is 1.93 bits per heavy atom. The maximum Gasteiger partial charge on any atom is 0.387 e. The number of aromatic nitrogens is 1. The number of alkyl halides is 2. The first kappa shape index (κ1) is 21.7. The van der Waals surface area contributed by atoms with E-state index in [1.165, 1.54) is 29.5 Å². The molecule has 6 nitrogen and oxygen atoms in total. The lowest BCUT2D eigenvalue weighted by molar-refractivity contribution is -0.119. The fourth-order valence-corrected chi connectivity index (χ4v) is 3.39. The van der Waals surface area contributed by atoms with Gasteiger partial charge in [0.05, 0.1) is 5.02 Å². The summed E-state index contributed by atoms with van der Waals surface area (Å²) in [7, 11) is 0. The van der Waals surface area contributed by atoms with E-state index in [1.54, 1.807) is 5.38 Å². The summed E-state index contributed by atoms with van der Waals surface area (Å²) in [6.45, 7) is -1.60. The number of anilines is 1. The highest BCUT2D eigenvalue weighted by Gasteiger charge is 2.16. The molecule has 1 heterocycles. The normalized spacial score (nSPS) is 10.7. The van der Waals surface area contributed by atoms with Gasteiger partial charge in [-0.3, -0.25) is 4.79 Å². The Labute approximate surface area is 179 Å². The maximum absolute atomic E-state index is 12.2. The lowest BCUT2D eigenvalue weighted by atomic mass is 10.2. The first-order valence-electron chi connectivity index (χ1n) is 8.55. The van der Waals surface area contributed by atoms with Crippen LogP contribution in [0.3, 0.4) is 0 Å². The van der Waals surface area contributed by atoms with Gasteiger partial charge in [0.15, 0.2) is 12.3 Å². The molecule has 1 N–H and O–H groups in total. The lowest BCUT2D eigenvalue weighted by Crippen LogP contribution is -2.21. The summed E-state index contributed by atoms with van der Waals surface area (Å²) in [5.41, 5.74) is 2.31. The highest BCUT2D eigenvalue weighted by Crippen LogP contribution is 2.29. The molecule has 0 bridgehead atoms. The Morgan fingerprint density at radius 3 is 2.60 bits per heavy atom. The largest absolute Gasteiger partial charge is 0.451 e. The zero-order valence-electron chi connectivity index (χ0n) is 15.5. The summed E-state index contributed by atoms with van der Waals surface area (Å²) in [5, 5.41) is 4.56. The zero-order valence-corrected chi connectivity index (χ0v) is 17.1. The van der Waals surface area contributed by atoms with Gasteiger partial charge in [-0.25, -0.2) is 9.78 Å². The summed E-state index contributed by atoms with van der Waals surface area (Å²) in [6.07, 6.45) is 0. The number of carbonyl (C=O) groups excluding carboxylic acids is 2. The predicted octanol–water partition coefficient (Wildman–Crippen LogP) is 5.17. The lowest BCUT2D eigenvalue weighted by Gasteiger charge is -2.09. The highest BCUT2D eigenvalue weighted by atomic mass is 35.5. The molecule has 1 amide bonds. The number of thiazole rings is 1. The molecule has 0 fully saturated rings. The van der Waals surface area contributed by atoms with Crippen molar-refractivity contribution in [1.29, 1.82) is 0 Å². The molecule has 10 heteroatoms. The number of rotatable bonds is 7. The number of hydrogen-bond donors (Lipinski definition) is 1. The van der Waals surface area contributed by atoms with Gasteiger partial charge in [0.1, 0.15) is 10.8 Å². The Bertz CT molecular complexity index is 1060. The average molecular weight is 453 g/mol. The van der Waals surface area contributed by atoms with Gasteiger partial charge in [-0.2, -0.15) is 8.78 Å². The van der Waals surface area contributed by atoms with Gasteiger partial charge in [0, 0.05) is 16.6 Å². The van der Waals surface area contributed by atoms with Crippen molar-refractivity contribution in [2.75, 3.05) is 11.9 Å². The summed E-state index contributed by atoms with van der Waals surface area (Å²) in [6, 6.07) is 11.5. The van der Waals surface area contributed by atoms with E-state index < -0.39 is 25.1 Å². The van der Waals surface area contributed by atoms with Gasteiger partial charge in [0.25, 0.3) is 5.91 Å². The molecule has 0 saturated carbocycles. The predicted molar refractivity (Wildman–Crippen MR) is 109 cm³/mol. The van der Waals surface area contributed by atoms with Crippen LogP contribution in [-0.2, 0) is 9.53 Å². The van der Waals surface area contributed by atoms with E-state index in [2.05, 4.69) is 15.0 Å². The highest BCUT2D eigenvalue weighted by molar-refractivity contribution is 7.13. The monoisotopic (exact) mass is 452 g/mol. The minimum absolute atomic E-state index is 0.0971. The minimum Gasteiger partial charge on any atom is -0.451 e. The number of halogens is 3. The molecule has 0 aliphatic rings. The van der Waals surface area contributed by atoms with Crippen LogP contribution in [0.25, 0.3) is 10.6 Å². The third kappa shape index (κ3) is 5.74. The summed E-state index contributed by atoms with van der Waals surface area (Å²) in [5.74, 6) is -1.58. The molecule has 0 saturated heterocycles. The number of carbonyl (C=O) groups is 2. The second-order valence-electron chi connectivity index (χ2n) is 6.05. The topological polar surface area (TPSA) is 77.5 Å². The van der Waals surface area contributed by atoms with Crippen LogP contribution in [0.4, 0.5) is 14.5 Å². The van der Waals surface area contributed by atoms with Crippen LogP contribution in [0, 0.1) is 6.92 Å². The van der Waals surface area contributed by atoms with Gasteiger partial charge < -0.3 is 14.8 Å². The quantitative estimate of drug-likeness (QED) is 0.500. The molecule has 0 atom stereocenters. The fraction of sp³-hybridized carbons (Fsp3) is 0.150. The van der Waals surface area contributed by atoms with E-state index in [4.69, 9.17) is 16.3 Å². The number of nitrogens with one attached hydrogen (secondary N) is 1. The van der Waals surface area contributed by atoms with E-state index in [0.717, 1.165) is 11.1 Å². The molecule has 2 aromatic carbocycles. The maximum atomic E-state index is 12.2. The van der Waals surface area contributed by atoms with E-state index in [0.29, 0.717) is 5.01 Å².